The van der Waals surface area contributed by atoms with E-state index in [2.05, 4.69) is 24.0 Å². The summed E-state index contributed by atoms with van der Waals surface area (Å²) in [5, 5.41) is 8.80. The van der Waals surface area contributed by atoms with Crippen molar-refractivity contribution >= 4 is 0 Å². The number of aliphatic hydroxyl groups excluding tert-OH is 1. The molecule has 0 aliphatic carbocycles. The molecule has 0 aliphatic heterocycles. The van der Waals surface area contributed by atoms with E-state index < -0.39 is 0 Å². The first-order chi connectivity index (χ1) is 7.86. The number of nitrogens with zero attached hydrogens (tertiary/aromatic N) is 2. The van der Waals surface area contributed by atoms with Crippen molar-refractivity contribution in [1.82, 2.24) is 4.57 Å². The van der Waals surface area contributed by atoms with Crippen LogP contribution in [-0.4, -0.2) is 16.3 Å². The van der Waals surface area contributed by atoms with Crippen LogP contribution < -0.4 is 17.0 Å². The van der Waals surface area contributed by atoms with Gasteiger partial charge in [-0.05, 0) is 12.8 Å². The van der Waals surface area contributed by atoms with E-state index in [1.807, 2.05) is 10.8 Å². The van der Waals surface area contributed by atoms with Crippen LogP contribution in [0.5, 0.6) is 0 Å². The number of hydrogen-bond acceptors (Lipinski definition) is 1. The fraction of sp³-hybridized carbons (Fsp3) is 0.769. The second-order valence-corrected chi connectivity index (χ2v) is 4.38. The number of unbranched alkanes of at least 4 members (excludes halogenated alkanes) is 5. The van der Waals surface area contributed by atoms with Crippen LogP contribution in [0.3, 0.4) is 0 Å². The molecule has 0 bridgehead atoms. The maximum Gasteiger partial charge on any atom is 0.243 e. The summed E-state index contributed by atoms with van der Waals surface area (Å²) in [6.45, 7) is 4.26. The number of aryl methyl sites for hydroxylation is 1. The van der Waals surface area contributed by atoms with Crippen LogP contribution in [0.25, 0.3) is 0 Å². The number of hydrogen-bond donors (Lipinski definition) is 1. The van der Waals surface area contributed by atoms with Gasteiger partial charge in [-0.2, -0.15) is 0 Å². The molecule has 1 aromatic heterocycles. The summed E-state index contributed by atoms with van der Waals surface area (Å²) in [6, 6.07) is 0. The monoisotopic (exact) mass is 260 g/mol. The Bertz CT molecular complexity index is 276. The molecule has 0 spiro atoms. The molecular formula is C13H25ClN2O. The molecule has 100 valence electrons. The Balaban J connectivity index is 0.00000256. The van der Waals surface area contributed by atoms with Crippen molar-refractivity contribution in [2.45, 2.75) is 58.5 Å². The van der Waals surface area contributed by atoms with Gasteiger partial charge >= 0.3 is 0 Å². The molecule has 0 aromatic carbocycles. The SMILES string of the molecule is CCCCCCCC[n+]1ccn(CCO)c1.[Cl-]. The van der Waals surface area contributed by atoms with Gasteiger partial charge in [0.2, 0.25) is 6.33 Å². The highest BCUT2D eigenvalue weighted by molar-refractivity contribution is 4.65. The van der Waals surface area contributed by atoms with Crippen molar-refractivity contribution in [3.05, 3.63) is 18.7 Å². The third kappa shape index (κ3) is 7.40. The Morgan fingerprint density at radius 3 is 2.53 bits per heavy atom. The van der Waals surface area contributed by atoms with Crippen LogP contribution in [0.4, 0.5) is 0 Å². The second-order valence-electron chi connectivity index (χ2n) is 4.38. The highest BCUT2D eigenvalue weighted by atomic mass is 35.5. The Morgan fingerprint density at radius 2 is 1.82 bits per heavy atom. The quantitative estimate of drug-likeness (QED) is 0.454. The van der Waals surface area contributed by atoms with Gasteiger partial charge in [-0.15, -0.1) is 0 Å². The van der Waals surface area contributed by atoms with Gasteiger partial charge in [0.15, 0.2) is 0 Å². The van der Waals surface area contributed by atoms with Gasteiger partial charge in [0.05, 0.1) is 13.2 Å². The first-order valence-electron chi connectivity index (χ1n) is 6.52. The molecule has 0 saturated heterocycles. The van der Waals surface area contributed by atoms with Crippen molar-refractivity contribution in [3.63, 3.8) is 0 Å². The largest absolute Gasteiger partial charge is 1.00 e. The van der Waals surface area contributed by atoms with E-state index in [-0.39, 0.29) is 19.0 Å². The maximum atomic E-state index is 8.80. The molecule has 1 aromatic rings. The number of imidazole rings is 1. The second kappa shape index (κ2) is 10.6. The molecule has 0 radical (unpaired) electrons. The fourth-order valence-electron chi connectivity index (χ4n) is 1.89. The summed E-state index contributed by atoms with van der Waals surface area (Å²) in [7, 11) is 0. The van der Waals surface area contributed by atoms with Crippen molar-refractivity contribution in [2.24, 2.45) is 0 Å². The normalized spacial score (nSPS) is 10.2. The molecule has 0 atom stereocenters. The predicted molar refractivity (Wildman–Crippen MR) is 65.1 cm³/mol. The van der Waals surface area contributed by atoms with Crippen LogP contribution in [-0.2, 0) is 13.1 Å². The lowest BCUT2D eigenvalue weighted by molar-refractivity contribution is -0.696. The van der Waals surface area contributed by atoms with E-state index in [9.17, 15) is 0 Å². The van der Waals surface area contributed by atoms with Gasteiger partial charge in [0, 0.05) is 0 Å². The molecule has 17 heavy (non-hydrogen) atoms. The van der Waals surface area contributed by atoms with E-state index in [1.54, 1.807) is 0 Å². The van der Waals surface area contributed by atoms with Gasteiger partial charge in [-0.3, -0.25) is 0 Å². The number of halogens is 1. The molecule has 4 heteroatoms. The van der Waals surface area contributed by atoms with Gasteiger partial charge in [-0.1, -0.05) is 32.6 Å². The van der Waals surface area contributed by atoms with Gasteiger partial charge in [0.1, 0.15) is 18.9 Å². The summed E-state index contributed by atoms with van der Waals surface area (Å²) >= 11 is 0. The minimum Gasteiger partial charge on any atom is -1.00 e. The molecule has 0 aliphatic rings. The molecule has 0 amide bonds. The molecule has 1 heterocycles. The fourth-order valence-corrected chi connectivity index (χ4v) is 1.89. The average Bonchev–Trinajstić information content (AvgIpc) is 2.72. The maximum absolute atomic E-state index is 8.80. The topological polar surface area (TPSA) is 29.0 Å². The van der Waals surface area contributed by atoms with Crippen LogP contribution in [0, 0.1) is 0 Å². The van der Waals surface area contributed by atoms with Gasteiger partial charge in [-0.25, -0.2) is 9.13 Å². The van der Waals surface area contributed by atoms with Crippen LogP contribution in [0.15, 0.2) is 18.7 Å². The summed E-state index contributed by atoms with van der Waals surface area (Å²) in [6.07, 6.45) is 14.2. The Hall–Kier alpha value is -0.540. The van der Waals surface area contributed by atoms with E-state index in [0.717, 1.165) is 6.54 Å². The van der Waals surface area contributed by atoms with Crippen LogP contribution in [0.2, 0.25) is 0 Å². The highest BCUT2D eigenvalue weighted by Crippen LogP contribution is 2.04. The first kappa shape index (κ1) is 16.5. The third-order valence-electron chi connectivity index (χ3n) is 2.87. The zero-order valence-electron chi connectivity index (χ0n) is 10.8. The smallest absolute Gasteiger partial charge is 0.243 e. The Labute approximate surface area is 111 Å². The molecule has 0 unspecified atom stereocenters. The van der Waals surface area contributed by atoms with Crippen LogP contribution >= 0.6 is 0 Å². The van der Waals surface area contributed by atoms with E-state index in [0.29, 0.717) is 6.54 Å². The first-order valence-corrected chi connectivity index (χ1v) is 6.52. The van der Waals surface area contributed by atoms with Gasteiger partial charge < -0.3 is 17.5 Å². The Kier molecular flexibility index (Phi) is 10.3. The van der Waals surface area contributed by atoms with E-state index in [1.165, 1.54) is 38.5 Å². The lowest BCUT2D eigenvalue weighted by atomic mass is 10.1. The number of aliphatic hydroxyl groups is 1. The van der Waals surface area contributed by atoms with Crippen molar-refractivity contribution in [1.29, 1.82) is 0 Å². The predicted octanol–water partition coefficient (Wildman–Crippen LogP) is -0.868. The van der Waals surface area contributed by atoms with Crippen molar-refractivity contribution in [2.75, 3.05) is 6.61 Å². The molecule has 3 nitrogen and oxygen atoms in total. The third-order valence-corrected chi connectivity index (χ3v) is 2.87. The van der Waals surface area contributed by atoms with Crippen molar-refractivity contribution in [3.8, 4) is 0 Å². The summed E-state index contributed by atoms with van der Waals surface area (Å²) < 4.78 is 4.23. The lowest BCUT2D eigenvalue weighted by Crippen LogP contribution is -3.00. The number of rotatable bonds is 9. The molecular weight excluding hydrogens is 236 g/mol. The lowest BCUT2D eigenvalue weighted by Gasteiger charge is -1.98. The molecule has 1 rings (SSSR count). The number of aromatic nitrogens is 2. The van der Waals surface area contributed by atoms with Crippen molar-refractivity contribution < 1.29 is 22.1 Å². The van der Waals surface area contributed by atoms with E-state index >= 15 is 0 Å². The highest BCUT2D eigenvalue weighted by Gasteiger charge is 2.02. The molecule has 1 N–H and O–H groups in total. The minimum atomic E-state index is 0. The zero-order valence-corrected chi connectivity index (χ0v) is 11.6. The standard InChI is InChI=1S/C13H25N2O.ClH/c1-2-3-4-5-6-7-8-14-9-10-15(13-14)11-12-16;/h9-10,13,16H,2-8,11-12H2,1H3;1H/q+1;/p-1. The Morgan fingerprint density at radius 1 is 1.12 bits per heavy atom. The minimum absolute atomic E-state index is 0. The average molecular weight is 261 g/mol. The summed E-state index contributed by atoms with van der Waals surface area (Å²) in [5.41, 5.74) is 0. The van der Waals surface area contributed by atoms with Gasteiger partial charge in [0.25, 0.3) is 0 Å². The molecule has 0 fully saturated rings. The molecule has 0 saturated carbocycles. The van der Waals surface area contributed by atoms with Crippen LogP contribution in [0.1, 0.15) is 45.4 Å². The van der Waals surface area contributed by atoms with E-state index in [4.69, 9.17) is 5.11 Å². The zero-order chi connectivity index (χ0) is 11.6. The summed E-state index contributed by atoms with van der Waals surface area (Å²) in [5.74, 6) is 0. The summed E-state index contributed by atoms with van der Waals surface area (Å²) in [4.78, 5) is 0.